The second-order valence-electron chi connectivity index (χ2n) is 8.42. The minimum absolute atomic E-state index is 0.669. The van der Waals surface area contributed by atoms with Gasteiger partial charge in [-0.3, -0.25) is 0 Å². The van der Waals surface area contributed by atoms with Gasteiger partial charge in [-0.2, -0.15) is 0 Å². The molecule has 0 fully saturated rings. The first kappa shape index (κ1) is 19.3. The molecule has 7 rings (SSSR count). The Hall–Kier alpha value is -4.21. The Bertz CT molecular complexity index is 1850. The van der Waals surface area contributed by atoms with E-state index in [-0.39, 0.29) is 0 Å². The monoisotopic (exact) mass is 458 g/mol. The van der Waals surface area contributed by atoms with E-state index in [0.717, 1.165) is 50.0 Å². The zero-order valence-electron chi connectivity index (χ0n) is 18.1. The number of hydrogen-bond acceptors (Lipinski definition) is 2. The van der Waals surface area contributed by atoms with Gasteiger partial charge in [0.25, 0.3) is 0 Å². The van der Waals surface area contributed by atoms with Crippen LogP contribution in [-0.4, -0.2) is 4.57 Å². The van der Waals surface area contributed by atoms with Crippen LogP contribution in [0.1, 0.15) is 0 Å². The Balaban J connectivity index is 1.58. The molecule has 2 heterocycles. The standard InChI is InChI=1S/C30H19ClN2O/c31-24-13-5-6-14-25(24)32-26-15-8-12-22-23-18-17-21-20-11-4-7-16-27(20)33(19-9-2-1-3-10-19)28(21)30(23)34-29(22)26/h1-18,32H. The number of halogens is 1. The largest absolute Gasteiger partial charge is 0.452 e. The molecule has 3 nitrogen and oxygen atoms in total. The number of benzene rings is 5. The highest BCUT2D eigenvalue weighted by Crippen LogP contribution is 2.42. The van der Waals surface area contributed by atoms with E-state index in [2.05, 4.69) is 76.6 Å². The number of aromatic nitrogens is 1. The van der Waals surface area contributed by atoms with Crippen LogP contribution >= 0.6 is 11.6 Å². The molecule has 7 aromatic rings. The molecule has 34 heavy (non-hydrogen) atoms. The number of nitrogens with one attached hydrogen (secondary N) is 1. The summed E-state index contributed by atoms with van der Waals surface area (Å²) in [5.74, 6) is 0. The van der Waals surface area contributed by atoms with Crippen LogP contribution in [0, 0.1) is 0 Å². The van der Waals surface area contributed by atoms with Gasteiger partial charge in [-0.15, -0.1) is 0 Å². The van der Waals surface area contributed by atoms with Crippen LogP contribution in [0.2, 0.25) is 5.02 Å². The summed E-state index contributed by atoms with van der Waals surface area (Å²) in [5, 5.41) is 8.67. The van der Waals surface area contributed by atoms with Crippen LogP contribution in [0.25, 0.3) is 49.4 Å². The average molecular weight is 459 g/mol. The van der Waals surface area contributed by atoms with Crippen molar-refractivity contribution in [1.82, 2.24) is 4.57 Å². The van der Waals surface area contributed by atoms with E-state index in [9.17, 15) is 0 Å². The van der Waals surface area contributed by atoms with Crippen molar-refractivity contribution < 1.29 is 4.42 Å². The molecule has 0 atom stereocenters. The smallest absolute Gasteiger partial charge is 0.160 e. The summed E-state index contributed by atoms with van der Waals surface area (Å²) in [6, 6.07) is 37.3. The second kappa shape index (κ2) is 7.41. The van der Waals surface area contributed by atoms with E-state index in [1.165, 1.54) is 10.8 Å². The molecule has 0 spiro atoms. The number of nitrogens with zero attached hydrogens (tertiary/aromatic N) is 1. The van der Waals surface area contributed by atoms with Gasteiger partial charge in [0.1, 0.15) is 0 Å². The lowest BCUT2D eigenvalue weighted by Gasteiger charge is -2.08. The maximum Gasteiger partial charge on any atom is 0.160 e. The molecule has 1 N–H and O–H groups in total. The van der Waals surface area contributed by atoms with Gasteiger partial charge in [0.2, 0.25) is 0 Å². The highest BCUT2D eigenvalue weighted by molar-refractivity contribution is 6.33. The molecule has 0 unspecified atom stereocenters. The van der Waals surface area contributed by atoms with Crippen molar-refractivity contribution in [2.24, 2.45) is 0 Å². The van der Waals surface area contributed by atoms with Crippen LogP contribution in [0.5, 0.6) is 0 Å². The first-order valence-corrected chi connectivity index (χ1v) is 11.6. The third-order valence-electron chi connectivity index (χ3n) is 6.46. The molecule has 0 saturated heterocycles. The molecule has 2 aromatic heterocycles. The number of anilines is 2. The zero-order chi connectivity index (χ0) is 22.6. The van der Waals surface area contributed by atoms with Crippen molar-refractivity contribution in [3.05, 3.63) is 114 Å². The van der Waals surface area contributed by atoms with Gasteiger partial charge in [0, 0.05) is 27.2 Å². The summed E-state index contributed by atoms with van der Waals surface area (Å²) >= 11 is 6.42. The third-order valence-corrected chi connectivity index (χ3v) is 6.79. The summed E-state index contributed by atoms with van der Waals surface area (Å²) in [7, 11) is 0. The maximum absolute atomic E-state index is 6.67. The molecule has 5 aromatic carbocycles. The molecule has 0 aliphatic rings. The van der Waals surface area contributed by atoms with Crippen molar-refractivity contribution in [3.63, 3.8) is 0 Å². The van der Waals surface area contributed by atoms with Crippen LogP contribution in [0.3, 0.4) is 0 Å². The Labute approximate surface area is 200 Å². The van der Waals surface area contributed by atoms with Gasteiger partial charge in [0.15, 0.2) is 11.2 Å². The molecule has 0 saturated carbocycles. The van der Waals surface area contributed by atoms with Crippen LogP contribution in [-0.2, 0) is 0 Å². The lowest BCUT2D eigenvalue weighted by molar-refractivity contribution is 0.672. The topological polar surface area (TPSA) is 30.1 Å². The van der Waals surface area contributed by atoms with E-state index < -0.39 is 0 Å². The van der Waals surface area contributed by atoms with Crippen LogP contribution < -0.4 is 5.32 Å². The lowest BCUT2D eigenvalue weighted by Crippen LogP contribution is -1.93. The number of fused-ring (bicyclic) bond motifs is 7. The molecular formula is C30H19ClN2O. The maximum atomic E-state index is 6.67. The Kier molecular flexibility index (Phi) is 4.20. The summed E-state index contributed by atoms with van der Waals surface area (Å²) in [6.07, 6.45) is 0. The Morgan fingerprint density at radius 3 is 2.12 bits per heavy atom. The van der Waals surface area contributed by atoms with Gasteiger partial charge in [-0.25, -0.2) is 0 Å². The Morgan fingerprint density at radius 2 is 1.24 bits per heavy atom. The number of furan rings is 1. The van der Waals surface area contributed by atoms with Crippen molar-refractivity contribution in [2.45, 2.75) is 0 Å². The molecule has 0 bridgehead atoms. The highest BCUT2D eigenvalue weighted by atomic mass is 35.5. The van der Waals surface area contributed by atoms with Gasteiger partial charge in [-0.1, -0.05) is 78.3 Å². The van der Waals surface area contributed by atoms with E-state index in [0.29, 0.717) is 5.02 Å². The second-order valence-corrected chi connectivity index (χ2v) is 8.82. The summed E-state index contributed by atoms with van der Waals surface area (Å²) in [6.45, 7) is 0. The third kappa shape index (κ3) is 2.77. The van der Waals surface area contributed by atoms with E-state index in [1.807, 2.05) is 42.5 Å². The average Bonchev–Trinajstić information content (AvgIpc) is 3.43. The number of rotatable bonds is 3. The van der Waals surface area contributed by atoms with Gasteiger partial charge in [-0.05, 0) is 42.5 Å². The first-order chi connectivity index (χ1) is 16.8. The molecule has 0 amide bonds. The van der Waals surface area contributed by atoms with Crippen molar-refractivity contribution in [1.29, 1.82) is 0 Å². The molecule has 4 heteroatoms. The van der Waals surface area contributed by atoms with Crippen molar-refractivity contribution in [3.8, 4) is 5.69 Å². The predicted octanol–water partition coefficient (Wildman–Crippen LogP) is 9.08. The van der Waals surface area contributed by atoms with Gasteiger partial charge < -0.3 is 14.3 Å². The lowest BCUT2D eigenvalue weighted by atomic mass is 10.1. The molecule has 0 radical (unpaired) electrons. The minimum atomic E-state index is 0.669. The van der Waals surface area contributed by atoms with Gasteiger partial charge >= 0.3 is 0 Å². The quantitative estimate of drug-likeness (QED) is 0.286. The summed E-state index contributed by atoms with van der Waals surface area (Å²) < 4.78 is 8.98. The van der Waals surface area contributed by atoms with Crippen LogP contribution in [0.4, 0.5) is 11.4 Å². The minimum Gasteiger partial charge on any atom is -0.452 e. The summed E-state index contributed by atoms with van der Waals surface area (Å²) in [4.78, 5) is 0. The first-order valence-electron chi connectivity index (χ1n) is 11.2. The van der Waals surface area contributed by atoms with Crippen molar-refractivity contribution in [2.75, 3.05) is 5.32 Å². The molecule has 162 valence electrons. The van der Waals surface area contributed by atoms with E-state index in [4.69, 9.17) is 16.0 Å². The fourth-order valence-electron chi connectivity index (χ4n) is 4.96. The van der Waals surface area contributed by atoms with Gasteiger partial charge in [0.05, 0.1) is 27.4 Å². The molecular weight excluding hydrogens is 440 g/mol. The highest BCUT2D eigenvalue weighted by Gasteiger charge is 2.19. The predicted molar refractivity (Wildman–Crippen MR) is 143 cm³/mol. The summed E-state index contributed by atoms with van der Waals surface area (Å²) in [5.41, 5.74) is 6.76. The molecule has 0 aliphatic heterocycles. The zero-order valence-corrected chi connectivity index (χ0v) is 18.9. The van der Waals surface area contributed by atoms with E-state index >= 15 is 0 Å². The van der Waals surface area contributed by atoms with Crippen molar-refractivity contribution >= 4 is 66.7 Å². The normalized spacial score (nSPS) is 11.7. The number of para-hydroxylation sites is 4. The fourth-order valence-corrected chi connectivity index (χ4v) is 5.14. The molecule has 0 aliphatic carbocycles. The Morgan fingerprint density at radius 1 is 0.559 bits per heavy atom. The van der Waals surface area contributed by atoms with E-state index in [1.54, 1.807) is 0 Å². The fraction of sp³-hybridized carbons (Fsp3) is 0. The van der Waals surface area contributed by atoms with Crippen LogP contribution in [0.15, 0.2) is 114 Å². The number of hydrogen-bond donors (Lipinski definition) is 1. The SMILES string of the molecule is Clc1ccccc1Nc1cccc2c1oc1c2ccc2c3ccccc3n(-c3ccccc3)c21.